The number of aryl methyl sites for hydroxylation is 1. The van der Waals surface area contributed by atoms with E-state index in [9.17, 15) is 9.18 Å². The summed E-state index contributed by atoms with van der Waals surface area (Å²) in [5, 5.41) is 9.23. The molecule has 6 heteroatoms. The Morgan fingerprint density at radius 3 is 2.74 bits per heavy atom. The third-order valence-electron chi connectivity index (χ3n) is 2.69. The van der Waals surface area contributed by atoms with Crippen molar-refractivity contribution in [2.45, 2.75) is 26.7 Å². The van der Waals surface area contributed by atoms with Gasteiger partial charge in [-0.15, -0.1) is 5.10 Å². The molecule has 1 aromatic carbocycles. The van der Waals surface area contributed by atoms with Gasteiger partial charge < -0.3 is 5.32 Å². The van der Waals surface area contributed by atoms with Crippen molar-refractivity contribution in [3.05, 3.63) is 41.2 Å². The Morgan fingerprint density at radius 2 is 2.16 bits per heavy atom. The van der Waals surface area contributed by atoms with Crippen LogP contribution in [0.25, 0.3) is 0 Å². The first-order chi connectivity index (χ1) is 8.97. The van der Waals surface area contributed by atoms with Crippen LogP contribution < -0.4 is 5.32 Å². The number of rotatable bonds is 3. The Labute approximate surface area is 110 Å². The molecular weight excluding hydrogens is 247 g/mol. The molecule has 0 bridgehead atoms. The predicted molar refractivity (Wildman–Crippen MR) is 69.6 cm³/mol. The molecule has 0 radical (unpaired) electrons. The van der Waals surface area contributed by atoms with Gasteiger partial charge in [0.2, 0.25) is 5.82 Å². The zero-order chi connectivity index (χ0) is 14.0. The van der Waals surface area contributed by atoms with Crippen molar-refractivity contribution in [1.29, 1.82) is 0 Å². The second-order valence-electron chi connectivity index (χ2n) is 4.61. The average Bonchev–Trinajstić information content (AvgIpc) is 2.82. The number of benzene rings is 1. The van der Waals surface area contributed by atoms with Gasteiger partial charge in [0.25, 0.3) is 5.91 Å². The molecule has 2 rings (SSSR count). The summed E-state index contributed by atoms with van der Waals surface area (Å²) in [6.07, 6.45) is 0. The van der Waals surface area contributed by atoms with Crippen molar-refractivity contribution in [3.63, 3.8) is 0 Å². The normalized spacial score (nSPS) is 10.8. The van der Waals surface area contributed by atoms with Gasteiger partial charge in [0, 0.05) is 11.6 Å². The maximum absolute atomic E-state index is 13.0. The van der Waals surface area contributed by atoms with E-state index in [-0.39, 0.29) is 17.6 Å². The minimum atomic E-state index is -0.419. The van der Waals surface area contributed by atoms with Crippen LogP contribution in [0.2, 0.25) is 0 Å². The summed E-state index contributed by atoms with van der Waals surface area (Å²) in [5.41, 5.74) is 1.19. The van der Waals surface area contributed by atoms with E-state index >= 15 is 0 Å². The van der Waals surface area contributed by atoms with Gasteiger partial charge in [-0.3, -0.25) is 9.89 Å². The molecular formula is C13H15FN4O. The number of aromatic amines is 1. The van der Waals surface area contributed by atoms with E-state index < -0.39 is 5.91 Å². The zero-order valence-electron chi connectivity index (χ0n) is 11.0. The molecule has 0 aliphatic heterocycles. The second-order valence-corrected chi connectivity index (χ2v) is 4.61. The summed E-state index contributed by atoms with van der Waals surface area (Å²) in [4.78, 5) is 16.0. The van der Waals surface area contributed by atoms with Gasteiger partial charge in [-0.05, 0) is 30.7 Å². The minimum Gasteiger partial charge on any atom is -0.319 e. The summed E-state index contributed by atoms with van der Waals surface area (Å²) in [6.45, 7) is 5.62. The molecule has 0 fully saturated rings. The van der Waals surface area contributed by atoms with Crippen molar-refractivity contribution in [1.82, 2.24) is 15.2 Å². The highest BCUT2D eigenvalue weighted by Gasteiger charge is 2.15. The molecule has 0 unspecified atom stereocenters. The molecule has 1 heterocycles. The first kappa shape index (κ1) is 13.2. The van der Waals surface area contributed by atoms with Crippen LogP contribution in [0, 0.1) is 12.7 Å². The van der Waals surface area contributed by atoms with Crippen molar-refractivity contribution in [2.24, 2.45) is 0 Å². The number of H-pyrrole nitrogens is 1. The maximum atomic E-state index is 13.0. The van der Waals surface area contributed by atoms with Gasteiger partial charge in [0.1, 0.15) is 11.6 Å². The number of aromatic nitrogens is 3. The van der Waals surface area contributed by atoms with E-state index in [0.29, 0.717) is 17.1 Å². The topological polar surface area (TPSA) is 70.7 Å². The SMILES string of the molecule is Cc1cc(F)ccc1NC(=O)c1n[nH]c(C(C)C)n1. The second kappa shape index (κ2) is 5.17. The Hall–Kier alpha value is -2.24. The number of anilines is 1. The van der Waals surface area contributed by atoms with E-state index in [0.717, 1.165) is 0 Å². The molecule has 19 heavy (non-hydrogen) atoms. The van der Waals surface area contributed by atoms with Crippen molar-refractivity contribution < 1.29 is 9.18 Å². The molecule has 100 valence electrons. The lowest BCUT2D eigenvalue weighted by Gasteiger charge is -2.06. The third kappa shape index (κ3) is 2.96. The highest BCUT2D eigenvalue weighted by atomic mass is 19.1. The highest BCUT2D eigenvalue weighted by molar-refractivity contribution is 6.01. The molecule has 0 saturated carbocycles. The smallest absolute Gasteiger partial charge is 0.295 e. The molecule has 0 aliphatic carbocycles. The Morgan fingerprint density at radius 1 is 1.42 bits per heavy atom. The molecule has 0 saturated heterocycles. The number of carbonyl (C=O) groups excluding carboxylic acids is 1. The lowest BCUT2D eigenvalue weighted by atomic mass is 10.2. The highest BCUT2D eigenvalue weighted by Crippen LogP contribution is 2.16. The molecule has 2 N–H and O–H groups in total. The fraction of sp³-hybridized carbons (Fsp3) is 0.308. The number of hydrogen-bond acceptors (Lipinski definition) is 3. The van der Waals surface area contributed by atoms with E-state index in [1.165, 1.54) is 18.2 Å². The number of amides is 1. The van der Waals surface area contributed by atoms with E-state index in [1.54, 1.807) is 6.92 Å². The number of nitrogens with zero attached hydrogens (tertiary/aromatic N) is 2. The van der Waals surface area contributed by atoms with Gasteiger partial charge in [-0.1, -0.05) is 13.8 Å². The summed E-state index contributed by atoms with van der Waals surface area (Å²) in [5.74, 6) is 0.142. The van der Waals surface area contributed by atoms with Crippen LogP contribution in [0.1, 0.15) is 41.8 Å². The van der Waals surface area contributed by atoms with Gasteiger partial charge in [0.05, 0.1) is 0 Å². The van der Waals surface area contributed by atoms with E-state index in [2.05, 4.69) is 20.5 Å². The minimum absolute atomic E-state index is 0.0763. The van der Waals surface area contributed by atoms with Crippen molar-refractivity contribution in [3.8, 4) is 0 Å². The fourth-order valence-corrected chi connectivity index (χ4v) is 1.58. The largest absolute Gasteiger partial charge is 0.319 e. The zero-order valence-corrected chi connectivity index (χ0v) is 11.0. The first-order valence-corrected chi connectivity index (χ1v) is 5.97. The van der Waals surface area contributed by atoms with Crippen molar-refractivity contribution >= 4 is 11.6 Å². The number of halogens is 1. The summed E-state index contributed by atoms with van der Waals surface area (Å²) < 4.78 is 13.0. The van der Waals surface area contributed by atoms with Gasteiger partial charge in [0.15, 0.2) is 0 Å². The van der Waals surface area contributed by atoms with E-state index in [1.807, 2.05) is 13.8 Å². The number of nitrogens with one attached hydrogen (secondary N) is 2. The fourth-order valence-electron chi connectivity index (χ4n) is 1.58. The monoisotopic (exact) mass is 262 g/mol. The molecule has 5 nitrogen and oxygen atoms in total. The summed E-state index contributed by atoms with van der Waals surface area (Å²) >= 11 is 0. The van der Waals surface area contributed by atoms with Crippen LogP contribution in [0.3, 0.4) is 0 Å². The molecule has 1 aromatic heterocycles. The third-order valence-corrected chi connectivity index (χ3v) is 2.69. The van der Waals surface area contributed by atoms with Crippen LogP contribution >= 0.6 is 0 Å². The van der Waals surface area contributed by atoms with E-state index in [4.69, 9.17) is 0 Å². The average molecular weight is 262 g/mol. The molecule has 0 spiro atoms. The summed E-state index contributed by atoms with van der Waals surface area (Å²) in [6, 6.07) is 4.16. The van der Waals surface area contributed by atoms with Crippen LogP contribution in [0.4, 0.5) is 10.1 Å². The van der Waals surface area contributed by atoms with Crippen LogP contribution in [-0.4, -0.2) is 21.1 Å². The first-order valence-electron chi connectivity index (χ1n) is 5.97. The number of carbonyl (C=O) groups is 1. The van der Waals surface area contributed by atoms with Gasteiger partial charge in [-0.25, -0.2) is 9.37 Å². The predicted octanol–water partition coefficient (Wildman–Crippen LogP) is 2.63. The van der Waals surface area contributed by atoms with Crippen LogP contribution in [0.5, 0.6) is 0 Å². The van der Waals surface area contributed by atoms with Gasteiger partial charge >= 0.3 is 0 Å². The van der Waals surface area contributed by atoms with Crippen LogP contribution in [-0.2, 0) is 0 Å². The Bertz CT molecular complexity index is 606. The quantitative estimate of drug-likeness (QED) is 0.893. The molecule has 2 aromatic rings. The summed E-state index contributed by atoms with van der Waals surface area (Å²) in [7, 11) is 0. The molecule has 0 aliphatic rings. The maximum Gasteiger partial charge on any atom is 0.295 e. The molecule has 1 amide bonds. The van der Waals surface area contributed by atoms with Crippen molar-refractivity contribution in [2.75, 3.05) is 5.32 Å². The lowest BCUT2D eigenvalue weighted by Crippen LogP contribution is -2.14. The Balaban J connectivity index is 2.16. The Kier molecular flexibility index (Phi) is 3.59. The van der Waals surface area contributed by atoms with Gasteiger partial charge in [-0.2, -0.15) is 0 Å². The number of hydrogen-bond donors (Lipinski definition) is 2. The molecule has 0 atom stereocenters. The standard InChI is InChI=1S/C13H15FN4O/c1-7(2)11-16-12(18-17-11)13(19)15-10-5-4-9(14)6-8(10)3/h4-7H,1-3H3,(H,15,19)(H,16,17,18). The lowest BCUT2D eigenvalue weighted by molar-refractivity contribution is 0.101. The van der Waals surface area contributed by atoms with Crippen LogP contribution in [0.15, 0.2) is 18.2 Å².